The number of nitrogens with one attached hydrogen (secondary N) is 1. The molecule has 1 aromatic rings. The quantitative estimate of drug-likeness (QED) is 0.590. The second-order valence-corrected chi connectivity index (χ2v) is 4.81. The van der Waals surface area contributed by atoms with Gasteiger partial charge in [0.05, 0.1) is 18.3 Å². The van der Waals surface area contributed by atoms with Crippen LogP contribution in [-0.4, -0.2) is 51.7 Å². The average molecular weight is 312 g/mol. The first kappa shape index (κ1) is 16.1. The van der Waals surface area contributed by atoms with Crippen molar-refractivity contribution >= 4 is 12.0 Å². The predicted molar refractivity (Wildman–Crippen MR) is 74.4 cm³/mol. The van der Waals surface area contributed by atoms with Gasteiger partial charge >= 0.3 is 11.7 Å². The van der Waals surface area contributed by atoms with E-state index in [-0.39, 0.29) is 18.6 Å². The van der Waals surface area contributed by atoms with Gasteiger partial charge in [-0.15, -0.1) is 0 Å². The van der Waals surface area contributed by atoms with Crippen LogP contribution in [-0.2, 0) is 14.3 Å². The van der Waals surface area contributed by atoms with Gasteiger partial charge in [-0.1, -0.05) is 0 Å². The number of hydrogen-bond acceptors (Lipinski definition) is 6. The van der Waals surface area contributed by atoms with Gasteiger partial charge in [-0.25, -0.2) is 9.59 Å². The Labute approximate surface area is 124 Å². The summed E-state index contributed by atoms with van der Waals surface area (Å²) in [7, 11) is 1.46. The first-order chi connectivity index (χ1) is 10.4. The minimum atomic E-state index is -1.22. The van der Waals surface area contributed by atoms with Gasteiger partial charge in [0.1, 0.15) is 12.3 Å². The summed E-state index contributed by atoms with van der Waals surface area (Å²) in [5, 5.41) is 18.4. The van der Waals surface area contributed by atoms with Crippen LogP contribution >= 0.6 is 0 Å². The van der Waals surface area contributed by atoms with Crippen LogP contribution in [0.1, 0.15) is 18.2 Å². The summed E-state index contributed by atoms with van der Waals surface area (Å²) in [6.45, 7) is 0.168. The molecule has 1 fully saturated rings. The Balaban J connectivity index is 2.32. The Bertz CT molecular complexity index is 690. The average Bonchev–Trinajstić information content (AvgIpc) is 2.79. The van der Waals surface area contributed by atoms with Crippen LogP contribution < -0.4 is 11.2 Å². The Morgan fingerprint density at radius 3 is 2.95 bits per heavy atom. The van der Waals surface area contributed by atoms with E-state index in [1.54, 1.807) is 0 Å². The maximum atomic E-state index is 11.9. The first-order valence-electron chi connectivity index (χ1n) is 6.51. The molecule has 0 aliphatic carbocycles. The van der Waals surface area contributed by atoms with Crippen molar-refractivity contribution in [1.82, 2.24) is 9.55 Å². The van der Waals surface area contributed by atoms with Crippen molar-refractivity contribution in [2.75, 3.05) is 13.7 Å². The van der Waals surface area contributed by atoms with Crippen LogP contribution in [0.2, 0.25) is 0 Å². The van der Waals surface area contributed by atoms with Crippen molar-refractivity contribution in [2.45, 2.75) is 24.9 Å². The topological polar surface area (TPSA) is 131 Å². The minimum absolute atomic E-state index is 0.00437. The SMILES string of the molecule is COC[C@H]1O[C@@H](n2cc(C=CC(=O)O)c(=O)[nH]c2=O)CC1O. The van der Waals surface area contributed by atoms with Gasteiger partial charge in [0.2, 0.25) is 0 Å². The number of rotatable bonds is 5. The largest absolute Gasteiger partial charge is 0.478 e. The molecule has 120 valence electrons. The molecule has 0 saturated carbocycles. The minimum Gasteiger partial charge on any atom is -0.478 e. The molecule has 2 heterocycles. The molecule has 0 bridgehead atoms. The van der Waals surface area contributed by atoms with Crippen LogP contribution in [0.25, 0.3) is 6.08 Å². The molecule has 9 nitrogen and oxygen atoms in total. The van der Waals surface area contributed by atoms with Gasteiger partial charge in [-0.3, -0.25) is 14.3 Å². The highest BCUT2D eigenvalue weighted by atomic mass is 16.6. The lowest BCUT2D eigenvalue weighted by Crippen LogP contribution is -2.33. The van der Waals surface area contributed by atoms with Gasteiger partial charge < -0.3 is 19.7 Å². The Morgan fingerprint density at radius 1 is 1.59 bits per heavy atom. The summed E-state index contributed by atoms with van der Waals surface area (Å²) < 4.78 is 11.6. The van der Waals surface area contributed by atoms with E-state index < -0.39 is 35.7 Å². The molecular weight excluding hydrogens is 296 g/mol. The van der Waals surface area contributed by atoms with Gasteiger partial charge in [0.15, 0.2) is 0 Å². The van der Waals surface area contributed by atoms with Gasteiger partial charge in [-0.2, -0.15) is 0 Å². The third-order valence-corrected chi connectivity index (χ3v) is 3.25. The second kappa shape index (κ2) is 6.69. The molecule has 0 aromatic carbocycles. The summed E-state index contributed by atoms with van der Waals surface area (Å²) in [4.78, 5) is 36.1. The molecular formula is C13H16N2O7. The number of aliphatic carboxylic acids is 1. The van der Waals surface area contributed by atoms with Crippen LogP contribution in [0.5, 0.6) is 0 Å². The maximum Gasteiger partial charge on any atom is 0.330 e. The fraction of sp³-hybridized carbons (Fsp3) is 0.462. The smallest absolute Gasteiger partial charge is 0.330 e. The number of nitrogens with zero attached hydrogens (tertiary/aromatic N) is 1. The number of hydrogen-bond donors (Lipinski definition) is 3. The van der Waals surface area contributed by atoms with E-state index in [1.807, 2.05) is 0 Å². The van der Waals surface area contributed by atoms with E-state index in [0.29, 0.717) is 0 Å². The van der Waals surface area contributed by atoms with Crippen molar-refractivity contribution in [3.8, 4) is 0 Å². The van der Waals surface area contributed by atoms with E-state index >= 15 is 0 Å². The fourth-order valence-electron chi connectivity index (χ4n) is 2.19. The summed E-state index contributed by atoms with van der Waals surface area (Å²) >= 11 is 0. The summed E-state index contributed by atoms with van der Waals surface area (Å²) in [5.74, 6) is -1.22. The van der Waals surface area contributed by atoms with Gasteiger partial charge in [-0.05, 0) is 6.08 Å². The molecule has 3 atom stereocenters. The van der Waals surface area contributed by atoms with E-state index in [9.17, 15) is 19.5 Å². The molecule has 0 amide bonds. The van der Waals surface area contributed by atoms with E-state index in [0.717, 1.165) is 16.7 Å². The van der Waals surface area contributed by atoms with E-state index in [1.165, 1.54) is 13.3 Å². The summed E-state index contributed by atoms with van der Waals surface area (Å²) in [6.07, 6.45) is 1.08. The molecule has 9 heteroatoms. The zero-order valence-electron chi connectivity index (χ0n) is 11.8. The number of aliphatic hydroxyl groups excluding tert-OH is 1. The molecule has 1 unspecified atom stereocenters. The first-order valence-corrected chi connectivity index (χ1v) is 6.51. The number of H-pyrrole nitrogens is 1. The lowest BCUT2D eigenvalue weighted by molar-refractivity contribution is -0.131. The molecule has 3 N–H and O–H groups in total. The highest BCUT2D eigenvalue weighted by molar-refractivity contribution is 5.85. The molecule has 22 heavy (non-hydrogen) atoms. The normalized spacial score (nSPS) is 24.9. The number of aromatic amines is 1. The standard InChI is InChI=1S/C13H16N2O7/c1-21-6-9-8(16)4-10(22-9)15-5-7(2-3-11(17)18)12(19)14-13(15)20/h2-3,5,8-10,16H,4,6H2,1H3,(H,17,18)(H,14,19,20)/t8?,9-,10-/m1/s1. The number of carboxylic acids is 1. The number of methoxy groups -OCH3 is 1. The van der Waals surface area contributed by atoms with E-state index in [4.69, 9.17) is 14.6 Å². The lowest BCUT2D eigenvalue weighted by atomic mass is 10.2. The zero-order valence-corrected chi connectivity index (χ0v) is 11.8. The molecule has 1 aromatic heterocycles. The molecule has 1 aliphatic rings. The molecule has 2 rings (SSSR count). The van der Waals surface area contributed by atoms with Crippen LogP contribution in [0, 0.1) is 0 Å². The number of ether oxygens (including phenoxy) is 2. The third kappa shape index (κ3) is 3.50. The monoisotopic (exact) mass is 312 g/mol. The fourth-order valence-corrected chi connectivity index (χ4v) is 2.19. The highest BCUT2D eigenvalue weighted by Crippen LogP contribution is 2.27. The summed E-state index contributed by atoms with van der Waals surface area (Å²) in [6, 6.07) is 0. The zero-order chi connectivity index (χ0) is 16.3. The molecule has 0 spiro atoms. The van der Waals surface area contributed by atoms with Gasteiger partial charge in [0, 0.05) is 25.8 Å². The predicted octanol–water partition coefficient (Wildman–Crippen LogP) is -1.07. The van der Waals surface area contributed by atoms with Crippen LogP contribution in [0.4, 0.5) is 0 Å². The third-order valence-electron chi connectivity index (χ3n) is 3.25. The Hall–Kier alpha value is -2.23. The maximum absolute atomic E-state index is 11.9. The van der Waals surface area contributed by atoms with Crippen LogP contribution in [0.15, 0.2) is 21.9 Å². The highest BCUT2D eigenvalue weighted by Gasteiger charge is 2.35. The number of aliphatic hydroxyl groups is 1. The molecule has 1 saturated heterocycles. The Kier molecular flexibility index (Phi) is 4.91. The number of carbonyl (C=O) groups is 1. The number of carboxylic acid groups (broad SMARTS) is 1. The Morgan fingerprint density at radius 2 is 2.32 bits per heavy atom. The van der Waals surface area contributed by atoms with Crippen molar-refractivity contribution in [2.24, 2.45) is 0 Å². The lowest BCUT2D eigenvalue weighted by Gasteiger charge is -2.15. The molecule has 1 aliphatic heterocycles. The van der Waals surface area contributed by atoms with Crippen LogP contribution in [0.3, 0.4) is 0 Å². The molecule has 0 radical (unpaired) electrons. The number of aromatic nitrogens is 2. The summed E-state index contributed by atoms with van der Waals surface area (Å²) in [5.41, 5.74) is -1.41. The van der Waals surface area contributed by atoms with Crippen molar-refractivity contribution in [3.63, 3.8) is 0 Å². The van der Waals surface area contributed by atoms with Crippen molar-refractivity contribution in [3.05, 3.63) is 38.7 Å². The van der Waals surface area contributed by atoms with Crippen molar-refractivity contribution < 1.29 is 24.5 Å². The van der Waals surface area contributed by atoms with Crippen molar-refractivity contribution in [1.29, 1.82) is 0 Å². The van der Waals surface area contributed by atoms with Gasteiger partial charge in [0.25, 0.3) is 5.56 Å². The van der Waals surface area contributed by atoms with E-state index in [2.05, 4.69) is 4.98 Å². The second-order valence-electron chi connectivity index (χ2n) is 4.81.